The van der Waals surface area contributed by atoms with E-state index in [2.05, 4.69) is 10.4 Å². The number of rotatable bonds is 9. The second-order valence-corrected chi connectivity index (χ2v) is 8.57. The van der Waals surface area contributed by atoms with Crippen molar-refractivity contribution in [2.75, 3.05) is 7.11 Å². The van der Waals surface area contributed by atoms with Crippen LogP contribution < -0.4 is 14.8 Å². The molecule has 0 radical (unpaired) electrons. The molecule has 0 aliphatic rings. The summed E-state index contributed by atoms with van der Waals surface area (Å²) < 4.78 is 13.4. The number of nitrogens with zero attached hydrogens (tertiary/aromatic N) is 2. The second-order valence-electron chi connectivity index (χ2n) is 8.57. The predicted octanol–water partition coefficient (Wildman–Crippen LogP) is 5.71. The summed E-state index contributed by atoms with van der Waals surface area (Å²) in [5.41, 5.74) is 6.79. The fourth-order valence-corrected chi connectivity index (χ4v) is 4.05. The van der Waals surface area contributed by atoms with Crippen LogP contribution in [-0.4, -0.2) is 22.8 Å². The van der Waals surface area contributed by atoms with Crippen molar-refractivity contribution in [1.82, 2.24) is 15.1 Å². The van der Waals surface area contributed by atoms with Crippen molar-refractivity contribution in [3.63, 3.8) is 0 Å². The third-order valence-electron chi connectivity index (χ3n) is 6.09. The molecule has 184 valence electrons. The van der Waals surface area contributed by atoms with Crippen LogP contribution in [-0.2, 0) is 17.9 Å². The van der Waals surface area contributed by atoms with Crippen LogP contribution >= 0.6 is 0 Å². The molecule has 0 bridgehead atoms. The van der Waals surface area contributed by atoms with Gasteiger partial charge in [0.15, 0.2) is 0 Å². The molecule has 36 heavy (non-hydrogen) atoms. The van der Waals surface area contributed by atoms with E-state index in [0.717, 1.165) is 50.8 Å². The van der Waals surface area contributed by atoms with E-state index in [1.54, 1.807) is 19.3 Å². The zero-order valence-electron chi connectivity index (χ0n) is 21.1. The molecule has 0 aliphatic heterocycles. The Balaban J connectivity index is 1.40. The van der Waals surface area contributed by atoms with E-state index in [4.69, 9.17) is 9.47 Å². The van der Waals surface area contributed by atoms with E-state index in [9.17, 15) is 4.79 Å². The first-order chi connectivity index (χ1) is 17.5. The molecule has 6 heteroatoms. The van der Waals surface area contributed by atoms with Gasteiger partial charge in [-0.2, -0.15) is 5.10 Å². The van der Waals surface area contributed by atoms with Gasteiger partial charge in [-0.1, -0.05) is 42.5 Å². The number of hydrogen-bond acceptors (Lipinski definition) is 4. The Labute approximate surface area is 212 Å². The molecule has 0 saturated carbocycles. The number of carbonyl (C=O) groups excluding carboxylic acids is 1. The molecule has 4 rings (SSSR count). The summed E-state index contributed by atoms with van der Waals surface area (Å²) in [6.07, 6.45) is 3.33. The summed E-state index contributed by atoms with van der Waals surface area (Å²) in [5.74, 6) is 1.41. The highest BCUT2D eigenvalue weighted by Crippen LogP contribution is 2.24. The monoisotopic (exact) mass is 481 g/mol. The SMILES string of the molecule is COc1ccc(/C=C/C(=O)NCc2c(C)nn(-c3ccccc3)c2C)cc1COc1ccccc1C. The minimum absolute atomic E-state index is 0.171. The second kappa shape index (κ2) is 11.4. The van der Waals surface area contributed by atoms with Crippen molar-refractivity contribution in [1.29, 1.82) is 0 Å². The molecule has 0 unspecified atom stereocenters. The van der Waals surface area contributed by atoms with Crippen LogP contribution in [0.15, 0.2) is 78.9 Å². The maximum Gasteiger partial charge on any atom is 0.244 e. The molecule has 3 aromatic carbocycles. The third kappa shape index (κ3) is 5.84. The Morgan fingerprint density at radius 1 is 0.972 bits per heavy atom. The molecule has 6 nitrogen and oxygen atoms in total. The first-order valence-electron chi connectivity index (χ1n) is 11.9. The van der Waals surface area contributed by atoms with Crippen molar-refractivity contribution in [3.8, 4) is 17.2 Å². The molecule has 1 N–H and O–H groups in total. The number of carbonyl (C=O) groups is 1. The maximum absolute atomic E-state index is 12.6. The molecule has 0 aliphatic carbocycles. The van der Waals surface area contributed by atoms with Gasteiger partial charge >= 0.3 is 0 Å². The zero-order valence-corrected chi connectivity index (χ0v) is 21.1. The number of ether oxygens (including phenoxy) is 2. The Morgan fingerprint density at radius 3 is 2.47 bits per heavy atom. The molecular weight excluding hydrogens is 450 g/mol. The highest BCUT2D eigenvalue weighted by molar-refractivity contribution is 5.91. The van der Waals surface area contributed by atoms with Gasteiger partial charge in [0, 0.05) is 29.4 Å². The van der Waals surface area contributed by atoms with E-state index in [-0.39, 0.29) is 5.91 Å². The zero-order chi connectivity index (χ0) is 25.5. The smallest absolute Gasteiger partial charge is 0.244 e. The normalized spacial score (nSPS) is 11.0. The van der Waals surface area contributed by atoms with Crippen molar-refractivity contribution in [2.45, 2.75) is 33.9 Å². The summed E-state index contributed by atoms with van der Waals surface area (Å²) in [6.45, 7) is 6.77. The number of amides is 1. The first-order valence-corrected chi connectivity index (χ1v) is 11.9. The molecule has 0 spiro atoms. The molecule has 1 aromatic heterocycles. The van der Waals surface area contributed by atoms with Crippen LogP contribution in [0.25, 0.3) is 11.8 Å². The van der Waals surface area contributed by atoms with Crippen LogP contribution in [0.2, 0.25) is 0 Å². The largest absolute Gasteiger partial charge is 0.496 e. The lowest BCUT2D eigenvalue weighted by Gasteiger charge is -2.12. The van der Waals surface area contributed by atoms with Gasteiger partial charge in [0.05, 0.1) is 18.5 Å². The average molecular weight is 482 g/mol. The highest BCUT2D eigenvalue weighted by Gasteiger charge is 2.13. The minimum atomic E-state index is -0.171. The number of nitrogens with one attached hydrogen (secondary N) is 1. The first kappa shape index (κ1) is 24.8. The van der Waals surface area contributed by atoms with Gasteiger partial charge in [0.2, 0.25) is 5.91 Å². The summed E-state index contributed by atoms with van der Waals surface area (Å²) in [6, 6.07) is 23.6. The predicted molar refractivity (Wildman–Crippen MR) is 142 cm³/mol. The molecule has 0 atom stereocenters. The standard InChI is InChI=1S/C30H31N3O3/c1-21-10-8-9-13-28(21)36-20-25-18-24(14-16-29(25)35-4)15-17-30(34)31-19-27-22(2)32-33(23(27)3)26-11-6-5-7-12-26/h5-18H,19-20H2,1-4H3,(H,31,34)/b17-15+. The molecule has 1 heterocycles. The van der Waals surface area contributed by atoms with E-state index in [1.165, 1.54) is 0 Å². The third-order valence-corrected chi connectivity index (χ3v) is 6.09. The van der Waals surface area contributed by atoms with Gasteiger partial charge in [-0.25, -0.2) is 4.68 Å². The van der Waals surface area contributed by atoms with Crippen molar-refractivity contribution < 1.29 is 14.3 Å². The molecule has 0 saturated heterocycles. The van der Waals surface area contributed by atoms with Crippen LogP contribution in [0, 0.1) is 20.8 Å². The van der Waals surface area contributed by atoms with Crippen molar-refractivity contribution in [2.24, 2.45) is 0 Å². The fourth-order valence-electron chi connectivity index (χ4n) is 4.05. The van der Waals surface area contributed by atoms with Gasteiger partial charge in [-0.3, -0.25) is 4.79 Å². The Hall–Kier alpha value is -4.32. The van der Waals surface area contributed by atoms with Crippen LogP contribution in [0.1, 0.15) is 33.6 Å². The number of benzene rings is 3. The number of aromatic nitrogens is 2. The Bertz CT molecular complexity index is 1370. The van der Waals surface area contributed by atoms with Gasteiger partial charge < -0.3 is 14.8 Å². The lowest BCUT2D eigenvalue weighted by molar-refractivity contribution is -0.116. The minimum Gasteiger partial charge on any atom is -0.496 e. The van der Waals surface area contributed by atoms with E-state index < -0.39 is 0 Å². The number of aryl methyl sites for hydroxylation is 2. The molecule has 0 fully saturated rings. The number of hydrogen-bond donors (Lipinski definition) is 1. The molecule has 1 amide bonds. The molecule has 4 aromatic rings. The number of para-hydroxylation sites is 2. The van der Waals surface area contributed by atoms with Crippen LogP contribution in [0.5, 0.6) is 11.5 Å². The van der Waals surface area contributed by atoms with Gasteiger partial charge in [-0.15, -0.1) is 0 Å². The summed E-state index contributed by atoms with van der Waals surface area (Å²) in [5, 5.41) is 7.62. The number of methoxy groups -OCH3 is 1. The summed E-state index contributed by atoms with van der Waals surface area (Å²) in [7, 11) is 1.64. The average Bonchev–Trinajstić information content (AvgIpc) is 3.19. The fraction of sp³-hybridized carbons (Fsp3) is 0.200. The van der Waals surface area contributed by atoms with Gasteiger partial charge in [-0.05, 0) is 68.3 Å². The maximum atomic E-state index is 12.6. The van der Waals surface area contributed by atoms with E-state index in [0.29, 0.717) is 13.2 Å². The Morgan fingerprint density at radius 2 is 1.72 bits per heavy atom. The van der Waals surface area contributed by atoms with Crippen molar-refractivity contribution >= 4 is 12.0 Å². The highest BCUT2D eigenvalue weighted by atomic mass is 16.5. The summed E-state index contributed by atoms with van der Waals surface area (Å²) in [4.78, 5) is 12.6. The van der Waals surface area contributed by atoms with E-state index >= 15 is 0 Å². The van der Waals surface area contributed by atoms with Gasteiger partial charge in [0.25, 0.3) is 0 Å². The summed E-state index contributed by atoms with van der Waals surface area (Å²) >= 11 is 0. The lowest BCUT2D eigenvalue weighted by atomic mass is 10.1. The van der Waals surface area contributed by atoms with Crippen LogP contribution in [0.3, 0.4) is 0 Å². The van der Waals surface area contributed by atoms with Crippen molar-refractivity contribution in [3.05, 3.63) is 113 Å². The van der Waals surface area contributed by atoms with E-state index in [1.807, 2.05) is 98.2 Å². The lowest BCUT2D eigenvalue weighted by Crippen LogP contribution is -2.21. The topological polar surface area (TPSA) is 65.4 Å². The van der Waals surface area contributed by atoms with Gasteiger partial charge in [0.1, 0.15) is 18.1 Å². The van der Waals surface area contributed by atoms with Crippen LogP contribution in [0.4, 0.5) is 0 Å². The quantitative estimate of drug-likeness (QED) is 0.311. The Kier molecular flexibility index (Phi) is 7.85. The molecular formula is C30H31N3O3.